The smallest absolute Gasteiger partial charge is 0.224 e. The molecule has 17 heavy (non-hydrogen) atoms. The van der Waals surface area contributed by atoms with Crippen molar-refractivity contribution in [2.24, 2.45) is 5.41 Å². The first-order chi connectivity index (χ1) is 8.13. The molecule has 1 N–H and O–H groups in total. The average molecular weight is 300 g/mol. The van der Waals surface area contributed by atoms with Crippen LogP contribution in [0, 0.1) is 11.2 Å². The van der Waals surface area contributed by atoms with Gasteiger partial charge in [-0.2, -0.15) is 0 Å². The van der Waals surface area contributed by atoms with E-state index in [-0.39, 0.29) is 11.7 Å². The highest BCUT2D eigenvalue weighted by atomic mass is 79.9. The summed E-state index contributed by atoms with van der Waals surface area (Å²) in [4.78, 5) is 11.7. The molecule has 1 saturated carbocycles. The van der Waals surface area contributed by atoms with Crippen molar-refractivity contribution < 1.29 is 9.18 Å². The van der Waals surface area contributed by atoms with Crippen molar-refractivity contribution in [3.8, 4) is 0 Å². The number of rotatable bonds is 5. The van der Waals surface area contributed by atoms with E-state index in [0.717, 1.165) is 17.4 Å². The van der Waals surface area contributed by atoms with Crippen LogP contribution in [-0.4, -0.2) is 17.8 Å². The Hall–Kier alpha value is -0.900. The maximum Gasteiger partial charge on any atom is 0.224 e. The summed E-state index contributed by atoms with van der Waals surface area (Å²) in [7, 11) is 0. The number of carbonyl (C=O) groups excluding carboxylic acids is 1. The Kier molecular flexibility index (Phi) is 3.82. The van der Waals surface area contributed by atoms with Gasteiger partial charge in [-0.25, -0.2) is 4.39 Å². The van der Waals surface area contributed by atoms with Gasteiger partial charge in [-0.15, -0.1) is 0 Å². The zero-order valence-corrected chi connectivity index (χ0v) is 11.1. The molecule has 0 radical (unpaired) electrons. The summed E-state index contributed by atoms with van der Waals surface area (Å²) >= 11 is 3.47. The SMILES string of the molecule is O=C(Cc1ccc(F)cc1)NCC1(CBr)CC1. The van der Waals surface area contributed by atoms with Gasteiger partial charge in [-0.3, -0.25) is 4.79 Å². The van der Waals surface area contributed by atoms with E-state index in [4.69, 9.17) is 0 Å². The normalized spacial score (nSPS) is 16.6. The van der Waals surface area contributed by atoms with Crippen LogP contribution in [0.1, 0.15) is 18.4 Å². The number of hydrogen-bond acceptors (Lipinski definition) is 1. The predicted octanol–water partition coefficient (Wildman–Crippen LogP) is 2.66. The topological polar surface area (TPSA) is 29.1 Å². The van der Waals surface area contributed by atoms with E-state index in [9.17, 15) is 9.18 Å². The molecule has 1 fully saturated rings. The van der Waals surface area contributed by atoms with Crippen molar-refractivity contribution in [1.29, 1.82) is 0 Å². The lowest BCUT2D eigenvalue weighted by Gasteiger charge is -2.12. The van der Waals surface area contributed by atoms with E-state index >= 15 is 0 Å². The molecule has 0 saturated heterocycles. The van der Waals surface area contributed by atoms with E-state index in [1.807, 2.05) is 0 Å². The lowest BCUT2D eigenvalue weighted by molar-refractivity contribution is -0.120. The second-order valence-electron chi connectivity index (χ2n) is 4.71. The van der Waals surface area contributed by atoms with Crippen molar-refractivity contribution in [2.75, 3.05) is 11.9 Å². The lowest BCUT2D eigenvalue weighted by Crippen LogP contribution is -2.32. The van der Waals surface area contributed by atoms with E-state index in [0.29, 0.717) is 11.8 Å². The number of amides is 1. The summed E-state index contributed by atoms with van der Waals surface area (Å²) in [5.74, 6) is -0.269. The van der Waals surface area contributed by atoms with E-state index in [1.165, 1.54) is 25.0 Å². The number of hydrogen-bond donors (Lipinski definition) is 1. The first-order valence-corrected chi connectivity index (χ1v) is 6.83. The second-order valence-corrected chi connectivity index (χ2v) is 5.27. The Labute approximate surface area is 109 Å². The largest absolute Gasteiger partial charge is 0.355 e. The van der Waals surface area contributed by atoms with Gasteiger partial charge in [0.15, 0.2) is 0 Å². The number of halogens is 2. The number of carbonyl (C=O) groups is 1. The molecule has 1 aromatic carbocycles. The molecule has 0 unspecified atom stereocenters. The van der Waals surface area contributed by atoms with Crippen molar-refractivity contribution in [3.05, 3.63) is 35.6 Å². The molecule has 0 atom stereocenters. The Morgan fingerprint density at radius 3 is 2.53 bits per heavy atom. The fraction of sp³-hybridized carbons (Fsp3) is 0.462. The molecular weight excluding hydrogens is 285 g/mol. The van der Waals surface area contributed by atoms with Crippen molar-refractivity contribution >= 4 is 21.8 Å². The quantitative estimate of drug-likeness (QED) is 0.832. The molecule has 2 nitrogen and oxygen atoms in total. The van der Waals surface area contributed by atoms with Gasteiger partial charge in [-0.1, -0.05) is 28.1 Å². The van der Waals surface area contributed by atoms with Crippen LogP contribution in [0.4, 0.5) is 4.39 Å². The zero-order chi connectivity index (χ0) is 12.3. The van der Waals surface area contributed by atoms with Gasteiger partial charge >= 0.3 is 0 Å². The van der Waals surface area contributed by atoms with Crippen molar-refractivity contribution in [3.63, 3.8) is 0 Å². The molecular formula is C13H15BrFNO. The Morgan fingerprint density at radius 2 is 2.00 bits per heavy atom. The summed E-state index contributed by atoms with van der Waals surface area (Å²) < 4.78 is 12.7. The van der Waals surface area contributed by atoms with Gasteiger partial charge in [0, 0.05) is 11.9 Å². The summed E-state index contributed by atoms with van der Waals surface area (Å²) in [5.41, 5.74) is 1.13. The van der Waals surface area contributed by atoms with Gasteiger partial charge in [0.1, 0.15) is 5.82 Å². The second kappa shape index (κ2) is 5.17. The number of nitrogens with one attached hydrogen (secondary N) is 1. The van der Waals surface area contributed by atoms with Gasteiger partial charge in [0.2, 0.25) is 5.91 Å². The first-order valence-electron chi connectivity index (χ1n) is 5.71. The van der Waals surface area contributed by atoms with E-state index < -0.39 is 0 Å². The molecule has 4 heteroatoms. The highest BCUT2D eigenvalue weighted by Gasteiger charge is 2.41. The average Bonchev–Trinajstić information content (AvgIpc) is 3.10. The highest BCUT2D eigenvalue weighted by Crippen LogP contribution is 2.46. The maximum atomic E-state index is 12.7. The van der Waals surface area contributed by atoms with E-state index in [2.05, 4.69) is 21.2 Å². The summed E-state index contributed by atoms with van der Waals surface area (Å²) in [6, 6.07) is 6.05. The van der Waals surface area contributed by atoms with Crippen LogP contribution in [0.15, 0.2) is 24.3 Å². The first kappa shape index (κ1) is 12.6. The summed E-state index contributed by atoms with van der Waals surface area (Å²) in [6.45, 7) is 0.734. The fourth-order valence-electron chi connectivity index (χ4n) is 1.67. The van der Waals surface area contributed by atoms with Crippen LogP contribution in [0.5, 0.6) is 0 Å². The van der Waals surface area contributed by atoms with Gasteiger partial charge in [0.25, 0.3) is 0 Å². The standard InChI is InChI=1S/C13H15BrFNO/c14-8-13(5-6-13)9-16-12(17)7-10-1-3-11(15)4-2-10/h1-4H,5-9H2,(H,16,17). The summed E-state index contributed by atoms with van der Waals surface area (Å²) in [6.07, 6.45) is 2.67. The van der Waals surface area contributed by atoms with Gasteiger partial charge in [0.05, 0.1) is 6.42 Å². The van der Waals surface area contributed by atoms with Crippen LogP contribution in [0.3, 0.4) is 0 Å². The number of alkyl halides is 1. The Balaban J connectivity index is 1.79. The molecule has 0 bridgehead atoms. The zero-order valence-electron chi connectivity index (χ0n) is 9.51. The maximum absolute atomic E-state index is 12.7. The minimum atomic E-state index is -0.273. The number of benzene rings is 1. The molecule has 1 amide bonds. The molecule has 0 heterocycles. The van der Waals surface area contributed by atoms with Gasteiger partial charge < -0.3 is 5.32 Å². The third kappa shape index (κ3) is 3.53. The van der Waals surface area contributed by atoms with Crippen molar-refractivity contribution in [1.82, 2.24) is 5.32 Å². The van der Waals surface area contributed by atoms with Crippen LogP contribution in [0.2, 0.25) is 0 Å². The highest BCUT2D eigenvalue weighted by molar-refractivity contribution is 9.09. The third-order valence-electron chi connectivity index (χ3n) is 3.18. The molecule has 0 spiro atoms. The monoisotopic (exact) mass is 299 g/mol. The molecule has 1 aromatic rings. The molecule has 0 aromatic heterocycles. The minimum absolute atomic E-state index is 0.00355. The molecule has 92 valence electrons. The molecule has 1 aliphatic rings. The van der Waals surface area contributed by atoms with Crippen LogP contribution in [0.25, 0.3) is 0 Å². The molecule has 0 aliphatic heterocycles. The van der Waals surface area contributed by atoms with Crippen LogP contribution in [-0.2, 0) is 11.2 Å². The third-order valence-corrected chi connectivity index (χ3v) is 4.37. The van der Waals surface area contributed by atoms with Gasteiger partial charge in [-0.05, 0) is 36.0 Å². The Morgan fingerprint density at radius 1 is 1.35 bits per heavy atom. The Bertz CT molecular complexity index is 400. The van der Waals surface area contributed by atoms with Crippen molar-refractivity contribution in [2.45, 2.75) is 19.3 Å². The minimum Gasteiger partial charge on any atom is -0.355 e. The summed E-state index contributed by atoms with van der Waals surface area (Å²) in [5, 5.41) is 3.88. The predicted molar refractivity (Wildman–Crippen MR) is 68.6 cm³/mol. The fourth-order valence-corrected chi connectivity index (χ4v) is 2.43. The lowest BCUT2D eigenvalue weighted by atomic mass is 10.1. The molecule has 1 aliphatic carbocycles. The van der Waals surface area contributed by atoms with Crippen LogP contribution < -0.4 is 5.32 Å². The van der Waals surface area contributed by atoms with E-state index in [1.54, 1.807) is 12.1 Å². The van der Waals surface area contributed by atoms with Crippen LogP contribution >= 0.6 is 15.9 Å². The molecule has 2 rings (SSSR count).